The summed E-state index contributed by atoms with van der Waals surface area (Å²) in [6.45, 7) is 1.74. The third kappa shape index (κ3) is 5.88. The number of piperidine rings is 1. The fourth-order valence-corrected chi connectivity index (χ4v) is 4.53. The first-order valence-corrected chi connectivity index (χ1v) is 11.5. The minimum Gasteiger partial charge on any atom is -0.481 e. The molecule has 1 aliphatic rings. The number of furan rings is 1. The van der Waals surface area contributed by atoms with E-state index in [0.29, 0.717) is 43.9 Å². The maximum Gasteiger partial charge on any atom is 0.312 e. The van der Waals surface area contributed by atoms with Crippen LogP contribution in [0.4, 0.5) is 11.4 Å². The number of aliphatic carboxylic acids is 1. The van der Waals surface area contributed by atoms with Crippen LogP contribution in [0.25, 0.3) is 0 Å². The second-order valence-electron chi connectivity index (χ2n) is 8.57. The maximum atomic E-state index is 13.4. The molecule has 3 aromatic rings. The lowest BCUT2D eigenvalue weighted by molar-refractivity contribution is -0.139. The number of hydrogen-bond acceptors (Lipinski definition) is 5. The van der Waals surface area contributed by atoms with Gasteiger partial charge in [0.2, 0.25) is 0 Å². The predicted molar refractivity (Wildman–Crippen MR) is 134 cm³/mol. The number of anilines is 2. The smallest absolute Gasteiger partial charge is 0.312 e. The number of amides is 1. The van der Waals surface area contributed by atoms with E-state index in [2.05, 4.69) is 10.2 Å². The third-order valence-corrected chi connectivity index (χ3v) is 6.22. The molecule has 0 radical (unpaired) electrons. The van der Waals surface area contributed by atoms with E-state index in [1.807, 2.05) is 36.4 Å². The van der Waals surface area contributed by atoms with E-state index < -0.39 is 11.9 Å². The summed E-state index contributed by atoms with van der Waals surface area (Å²) in [5, 5.41) is 20.1. The number of benzene rings is 2. The van der Waals surface area contributed by atoms with Gasteiger partial charge in [-0.15, -0.1) is 0 Å². The van der Waals surface area contributed by atoms with Crippen molar-refractivity contribution >= 4 is 29.2 Å². The number of likely N-dealkylation sites (tertiary alicyclic amines) is 1. The van der Waals surface area contributed by atoms with Gasteiger partial charge in [-0.1, -0.05) is 36.4 Å². The molecule has 9 nitrogen and oxygen atoms in total. The number of carboxylic acid groups (broad SMARTS) is 1. The molecule has 1 saturated heterocycles. The summed E-state index contributed by atoms with van der Waals surface area (Å²) >= 11 is 0. The Labute approximate surface area is 203 Å². The van der Waals surface area contributed by atoms with Crippen LogP contribution in [-0.4, -0.2) is 53.5 Å². The van der Waals surface area contributed by atoms with Crippen molar-refractivity contribution in [1.82, 2.24) is 4.90 Å². The first-order chi connectivity index (χ1) is 16.9. The normalized spacial score (nSPS) is 15.3. The highest BCUT2D eigenvalue weighted by atomic mass is 16.4. The van der Waals surface area contributed by atoms with Gasteiger partial charge in [0.1, 0.15) is 0 Å². The summed E-state index contributed by atoms with van der Waals surface area (Å²) < 4.78 is 5.40. The van der Waals surface area contributed by atoms with Gasteiger partial charge in [-0.3, -0.25) is 15.0 Å². The number of rotatable bonds is 8. The van der Waals surface area contributed by atoms with Crippen molar-refractivity contribution < 1.29 is 19.1 Å². The topological polar surface area (TPSA) is 136 Å². The van der Waals surface area contributed by atoms with Crippen molar-refractivity contribution in [2.24, 2.45) is 5.73 Å². The molecule has 182 valence electrons. The van der Waals surface area contributed by atoms with E-state index in [0.717, 1.165) is 5.56 Å². The number of hydrogen-bond donors (Lipinski definition) is 4. The fraction of sp³-hybridized carbons (Fsp3) is 0.269. The van der Waals surface area contributed by atoms with Crippen LogP contribution in [0.5, 0.6) is 0 Å². The molecule has 0 spiro atoms. The van der Waals surface area contributed by atoms with Gasteiger partial charge in [0.25, 0.3) is 5.91 Å². The van der Waals surface area contributed by atoms with E-state index in [1.165, 1.54) is 6.26 Å². The average Bonchev–Trinajstić information content (AvgIpc) is 3.39. The van der Waals surface area contributed by atoms with Crippen molar-refractivity contribution in [3.05, 3.63) is 84.3 Å². The van der Waals surface area contributed by atoms with Gasteiger partial charge in [0, 0.05) is 37.1 Å². The van der Waals surface area contributed by atoms with Gasteiger partial charge in [0.05, 0.1) is 12.2 Å². The average molecular weight is 476 g/mol. The standard InChI is InChI=1S/C26H29N5O4/c27-26(28)29-19-8-4-9-21(16-19)31(24(32)23-10-5-15-35-23)20-11-13-30(14-12-20)17-22(25(33)34)18-6-2-1-3-7-18/h1-10,15-16,20,22H,11-14,17H2,(H,33,34)(H4,27,28,29). The third-order valence-electron chi connectivity index (χ3n) is 6.22. The van der Waals surface area contributed by atoms with Crippen LogP contribution >= 0.6 is 0 Å². The van der Waals surface area contributed by atoms with E-state index in [-0.39, 0.29) is 23.7 Å². The molecule has 35 heavy (non-hydrogen) atoms. The number of nitrogens with one attached hydrogen (secondary N) is 2. The Morgan fingerprint density at radius 3 is 2.49 bits per heavy atom. The molecule has 2 aromatic carbocycles. The molecule has 5 N–H and O–H groups in total. The van der Waals surface area contributed by atoms with Gasteiger partial charge in [-0.2, -0.15) is 0 Å². The molecule has 1 atom stereocenters. The number of carbonyl (C=O) groups excluding carboxylic acids is 1. The second-order valence-corrected chi connectivity index (χ2v) is 8.57. The molecular weight excluding hydrogens is 446 g/mol. The highest BCUT2D eigenvalue weighted by Crippen LogP contribution is 2.29. The molecule has 1 unspecified atom stereocenters. The minimum atomic E-state index is -0.845. The van der Waals surface area contributed by atoms with E-state index in [9.17, 15) is 14.7 Å². The molecule has 1 amide bonds. The molecule has 0 aliphatic carbocycles. The Morgan fingerprint density at radius 2 is 1.86 bits per heavy atom. The number of carboxylic acids is 1. The van der Waals surface area contributed by atoms with Gasteiger partial charge >= 0.3 is 5.97 Å². The number of nitrogens with zero attached hydrogens (tertiary/aromatic N) is 2. The Hall–Kier alpha value is -4.11. The SMILES string of the molecule is N=C(N)Nc1cccc(N(C(=O)c2ccco2)C2CCN(CC(C(=O)O)c3ccccc3)CC2)c1. The summed E-state index contributed by atoms with van der Waals surface area (Å²) in [4.78, 5) is 29.2. The lowest BCUT2D eigenvalue weighted by atomic mass is 9.96. The molecule has 1 aromatic heterocycles. The van der Waals surface area contributed by atoms with Gasteiger partial charge in [-0.25, -0.2) is 0 Å². The highest BCUT2D eigenvalue weighted by molar-refractivity contribution is 6.05. The van der Waals surface area contributed by atoms with Crippen LogP contribution in [0, 0.1) is 5.41 Å². The highest BCUT2D eigenvalue weighted by Gasteiger charge is 2.33. The molecule has 4 rings (SSSR count). The van der Waals surface area contributed by atoms with Crippen LogP contribution in [-0.2, 0) is 4.79 Å². The molecule has 1 aliphatic heterocycles. The first-order valence-electron chi connectivity index (χ1n) is 11.5. The van der Waals surface area contributed by atoms with Crippen molar-refractivity contribution in [2.75, 3.05) is 29.9 Å². The van der Waals surface area contributed by atoms with Crippen LogP contribution in [0.1, 0.15) is 34.9 Å². The quantitative estimate of drug-likeness (QED) is 0.289. The van der Waals surface area contributed by atoms with E-state index in [1.54, 1.807) is 35.2 Å². The van der Waals surface area contributed by atoms with Crippen LogP contribution in [0.2, 0.25) is 0 Å². The predicted octanol–water partition coefficient (Wildman–Crippen LogP) is 3.56. The van der Waals surface area contributed by atoms with Crippen molar-refractivity contribution in [2.45, 2.75) is 24.8 Å². The van der Waals surface area contributed by atoms with Crippen LogP contribution < -0.4 is 16.0 Å². The zero-order valence-electron chi connectivity index (χ0n) is 19.3. The second kappa shape index (κ2) is 10.9. The van der Waals surface area contributed by atoms with E-state index in [4.69, 9.17) is 15.6 Å². The molecule has 1 fully saturated rings. The molecule has 0 bridgehead atoms. The van der Waals surface area contributed by atoms with Crippen molar-refractivity contribution in [3.63, 3.8) is 0 Å². The zero-order chi connectivity index (χ0) is 24.8. The molecule has 9 heteroatoms. The van der Waals surface area contributed by atoms with Crippen molar-refractivity contribution in [1.29, 1.82) is 5.41 Å². The van der Waals surface area contributed by atoms with Crippen LogP contribution in [0.3, 0.4) is 0 Å². The maximum absolute atomic E-state index is 13.4. The summed E-state index contributed by atoms with van der Waals surface area (Å²) in [6.07, 6.45) is 2.83. The summed E-state index contributed by atoms with van der Waals surface area (Å²) in [5.41, 5.74) is 7.54. The first kappa shape index (κ1) is 24.0. The number of carbonyl (C=O) groups is 2. The largest absolute Gasteiger partial charge is 0.481 e. The Balaban J connectivity index is 1.51. The van der Waals surface area contributed by atoms with Gasteiger partial charge in [0.15, 0.2) is 11.7 Å². The number of guanidine groups is 1. The molecule has 2 heterocycles. The monoisotopic (exact) mass is 475 g/mol. The van der Waals surface area contributed by atoms with Gasteiger partial charge in [-0.05, 0) is 48.7 Å². The van der Waals surface area contributed by atoms with Crippen molar-refractivity contribution in [3.8, 4) is 0 Å². The Morgan fingerprint density at radius 1 is 1.11 bits per heavy atom. The Kier molecular flexibility index (Phi) is 7.47. The summed E-state index contributed by atoms with van der Waals surface area (Å²) in [6, 6.07) is 19.7. The van der Waals surface area contributed by atoms with E-state index >= 15 is 0 Å². The lowest BCUT2D eigenvalue weighted by Gasteiger charge is -2.39. The van der Waals surface area contributed by atoms with Crippen LogP contribution in [0.15, 0.2) is 77.4 Å². The summed E-state index contributed by atoms with van der Waals surface area (Å²) in [5.74, 6) is -1.65. The molecule has 0 saturated carbocycles. The Bertz CT molecular complexity index is 1160. The van der Waals surface area contributed by atoms with Gasteiger partial charge < -0.3 is 30.4 Å². The molecular formula is C26H29N5O4. The number of nitrogens with two attached hydrogens (primary N) is 1. The minimum absolute atomic E-state index is 0.101. The fourth-order valence-electron chi connectivity index (χ4n) is 4.53. The lowest BCUT2D eigenvalue weighted by Crippen LogP contribution is -2.48. The zero-order valence-corrected chi connectivity index (χ0v) is 19.3. The summed E-state index contributed by atoms with van der Waals surface area (Å²) in [7, 11) is 0.